The molecule has 4 amide bonds. The molecule has 0 aliphatic heterocycles. The molecule has 0 saturated carbocycles. The normalized spacial score (nSPS) is 12.6. The van der Waals surface area contributed by atoms with Crippen LogP contribution in [-0.4, -0.2) is 54.5 Å². The number of nitrogens with two attached hydrogens (primary N) is 1. The molecule has 2 aromatic carbocycles. The molecule has 4 N–H and O–H groups in total. The van der Waals surface area contributed by atoms with Crippen molar-refractivity contribution in [1.82, 2.24) is 10.2 Å². The van der Waals surface area contributed by atoms with Gasteiger partial charge in [0.1, 0.15) is 23.4 Å². The van der Waals surface area contributed by atoms with Crippen molar-refractivity contribution in [3.63, 3.8) is 0 Å². The van der Waals surface area contributed by atoms with E-state index >= 15 is 0 Å². The molecule has 0 spiro atoms. The molecule has 38 heavy (non-hydrogen) atoms. The number of hydrogen-bond acceptors (Lipinski definition) is 6. The molecule has 10 nitrogen and oxygen atoms in total. The van der Waals surface area contributed by atoms with E-state index in [0.717, 1.165) is 11.1 Å². The molecule has 0 aliphatic rings. The first kappa shape index (κ1) is 30.1. The lowest BCUT2D eigenvalue weighted by atomic mass is 9.95. The molecule has 2 aromatic rings. The van der Waals surface area contributed by atoms with Crippen LogP contribution in [0, 0.1) is 13.8 Å². The van der Waals surface area contributed by atoms with Gasteiger partial charge in [-0.2, -0.15) is 0 Å². The van der Waals surface area contributed by atoms with Crippen molar-refractivity contribution >= 4 is 29.5 Å². The second-order valence-electron chi connectivity index (χ2n) is 10.1. The monoisotopic (exact) mass is 526 g/mol. The lowest BCUT2D eigenvalue weighted by Gasteiger charge is -2.32. The minimum absolute atomic E-state index is 0.0582. The first-order valence-corrected chi connectivity index (χ1v) is 12.3. The first-order chi connectivity index (χ1) is 17.7. The van der Waals surface area contributed by atoms with Gasteiger partial charge in [-0.25, -0.2) is 4.79 Å². The molecule has 10 heteroatoms. The molecule has 0 aliphatic carbocycles. The van der Waals surface area contributed by atoms with E-state index in [0.29, 0.717) is 17.0 Å². The number of alkyl carbamates (subject to hydrolysis) is 1. The average Bonchev–Trinajstić information content (AvgIpc) is 2.83. The highest BCUT2D eigenvalue weighted by Gasteiger charge is 2.35. The summed E-state index contributed by atoms with van der Waals surface area (Å²) in [5.41, 5.74) is 7.44. The maximum absolute atomic E-state index is 13.7. The van der Waals surface area contributed by atoms with Crippen LogP contribution in [0.1, 0.15) is 56.3 Å². The molecule has 0 aromatic heterocycles. The Morgan fingerprint density at radius 1 is 1.03 bits per heavy atom. The van der Waals surface area contributed by atoms with Crippen molar-refractivity contribution in [3.05, 3.63) is 59.2 Å². The number of benzene rings is 2. The summed E-state index contributed by atoms with van der Waals surface area (Å²) in [7, 11) is 3.03. The fourth-order valence-corrected chi connectivity index (χ4v) is 3.85. The molecule has 2 rings (SSSR count). The van der Waals surface area contributed by atoms with Gasteiger partial charge in [0.25, 0.3) is 5.91 Å². The van der Waals surface area contributed by atoms with Gasteiger partial charge in [0.15, 0.2) is 0 Å². The second-order valence-corrected chi connectivity index (χ2v) is 10.1. The maximum atomic E-state index is 13.7. The number of methoxy groups -OCH3 is 1. The number of hydrogen-bond donors (Lipinski definition) is 3. The number of primary amides is 1. The quantitative estimate of drug-likeness (QED) is 0.432. The number of rotatable bonds is 10. The number of aryl methyl sites for hydroxylation is 1. The molecule has 0 saturated heterocycles. The Morgan fingerprint density at radius 2 is 1.66 bits per heavy atom. The maximum Gasteiger partial charge on any atom is 0.408 e. The summed E-state index contributed by atoms with van der Waals surface area (Å²) in [6.45, 7) is 8.87. The van der Waals surface area contributed by atoms with E-state index in [1.54, 1.807) is 58.2 Å². The summed E-state index contributed by atoms with van der Waals surface area (Å²) in [5.74, 6) is -1.02. The van der Waals surface area contributed by atoms with Gasteiger partial charge in [0.05, 0.1) is 7.11 Å². The number of nitrogens with one attached hydrogen (secondary N) is 2. The molecule has 0 radical (unpaired) electrons. The number of nitrogens with zero attached hydrogens (tertiary/aromatic N) is 1. The summed E-state index contributed by atoms with van der Waals surface area (Å²) in [6.07, 6.45) is -1.02. The lowest BCUT2D eigenvalue weighted by molar-refractivity contribution is -0.139. The topological polar surface area (TPSA) is 140 Å². The Hall–Kier alpha value is -4.08. The van der Waals surface area contributed by atoms with Crippen molar-refractivity contribution < 1.29 is 28.7 Å². The Balaban J connectivity index is 2.43. The van der Waals surface area contributed by atoms with Crippen LogP contribution in [0.3, 0.4) is 0 Å². The molecule has 0 heterocycles. The first-order valence-electron chi connectivity index (χ1n) is 12.3. The SMILES string of the molecule is COc1ccc(NC(=O)C(c2cccc(C)c2C)N(C)C(=O)C(CCC(N)=O)NC(=O)OC(C)(C)C)cc1. The molecule has 2 unspecified atom stereocenters. The summed E-state index contributed by atoms with van der Waals surface area (Å²) in [5, 5.41) is 5.40. The van der Waals surface area contributed by atoms with Gasteiger partial charge in [0, 0.05) is 19.2 Å². The van der Waals surface area contributed by atoms with Crippen LogP contribution >= 0.6 is 0 Å². The number of likely N-dealkylation sites (N-methyl/N-ethyl adjacent to an activating group) is 1. The Kier molecular flexibility index (Phi) is 10.3. The number of amides is 4. The van der Waals surface area contributed by atoms with Crippen LogP contribution in [0.5, 0.6) is 5.75 Å². The third kappa shape index (κ3) is 8.50. The standard InChI is InChI=1S/C28H38N4O6/c1-17-9-8-10-21(18(17)2)24(25(34)30-19-11-13-20(37-7)14-12-19)32(6)26(35)22(15-16-23(29)33)31-27(36)38-28(3,4)5/h8-14,22,24H,15-16H2,1-7H3,(H2,29,33)(H,30,34)(H,31,36). The van der Waals surface area contributed by atoms with Crippen LogP contribution in [0.4, 0.5) is 10.5 Å². The summed E-state index contributed by atoms with van der Waals surface area (Å²) in [6, 6.07) is 10.1. The smallest absolute Gasteiger partial charge is 0.408 e. The Morgan fingerprint density at radius 3 is 2.21 bits per heavy atom. The minimum Gasteiger partial charge on any atom is -0.497 e. The fourth-order valence-electron chi connectivity index (χ4n) is 3.85. The minimum atomic E-state index is -1.15. The third-order valence-corrected chi connectivity index (χ3v) is 5.95. The molecular formula is C28H38N4O6. The van der Waals surface area contributed by atoms with Crippen LogP contribution in [0.2, 0.25) is 0 Å². The van der Waals surface area contributed by atoms with Crippen LogP contribution in [0.15, 0.2) is 42.5 Å². The number of ether oxygens (including phenoxy) is 2. The molecule has 2 atom stereocenters. The van der Waals surface area contributed by atoms with Gasteiger partial charge < -0.3 is 30.7 Å². The number of anilines is 1. The van der Waals surface area contributed by atoms with Crippen LogP contribution in [0.25, 0.3) is 0 Å². The van der Waals surface area contributed by atoms with Gasteiger partial charge in [-0.15, -0.1) is 0 Å². The van der Waals surface area contributed by atoms with Crippen molar-refractivity contribution in [3.8, 4) is 5.75 Å². The van der Waals surface area contributed by atoms with E-state index in [-0.39, 0.29) is 12.8 Å². The fraction of sp³-hybridized carbons (Fsp3) is 0.429. The lowest BCUT2D eigenvalue weighted by Crippen LogP contribution is -2.51. The zero-order chi connectivity index (χ0) is 28.6. The molecule has 0 bridgehead atoms. The van der Waals surface area contributed by atoms with E-state index < -0.39 is 41.5 Å². The number of carbonyl (C=O) groups excluding carboxylic acids is 4. The predicted molar refractivity (Wildman–Crippen MR) is 145 cm³/mol. The van der Waals surface area contributed by atoms with Gasteiger partial charge in [-0.3, -0.25) is 14.4 Å². The van der Waals surface area contributed by atoms with Crippen molar-refractivity contribution in [2.24, 2.45) is 5.73 Å². The van der Waals surface area contributed by atoms with E-state index in [4.69, 9.17) is 15.2 Å². The van der Waals surface area contributed by atoms with E-state index in [2.05, 4.69) is 10.6 Å². The third-order valence-electron chi connectivity index (χ3n) is 5.95. The molecule has 206 valence electrons. The van der Waals surface area contributed by atoms with E-state index in [9.17, 15) is 19.2 Å². The van der Waals surface area contributed by atoms with Crippen molar-refractivity contribution in [2.75, 3.05) is 19.5 Å². The van der Waals surface area contributed by atoms with Gasteiger partial charge >= 0.3 is 6.09 Å². The summed E-state index contributed by atoms with van der Waals surface area (Å²) < 4.78 is 10.5. The average molecular weight is 527 g/mol. The highest BCUT2D eigenvalue weighted by atomic mass is 16.6. The Bertz CT molecular complexity index is 1160. The number of carbonyl (C=O) groups is 4. The summed E-state index contributed by atoms with van der Waals surface area (Å²) in [4.78, 5) is 52.6. The van der Waals surface area contributed by atoms with Crippen LogP contribution < -0.4 is 21.1 Å². The molecule has 0 fully saturated rings. The van der Waals surface area contributed by atoms with Crippen molar-refractivity contribution in [2.45, 2.75) is 65.1 Å². The summed E-state index contributed by atoms with van der Waals surface area (Å²) >= 11 is 0. The van der Waals surface area contributed by atoms with Gasteiger partial charge in [-0.05, 0) is 82.0 Å². The van der Waals surface area contributed by atoms with Crippen LogP contribution in [-0.2, 0) is 19.1 Å². The second kappa shape index (κ2) is 12.9. The Labute approximate surface area is 223 Å². The predicted octanol–water partition coefficient (Wildman–Crippen LogP) is 3.61. The zero-order valence-corrected chi connectivity index (χ0v) is 23.1. The van der Waals surface area contributed by atoms with Crippen molar-refractivity contribution in [1.29, 1.82) is 0 Å². The van der Waals surface area contributed by atoms with E-state index in [1.807, 2.05) is 26.0 Å². The highest BCUT2D eigenvalue weighted by molar-refractivity contribution is 5.99. The van der Waals surface area contributed by atoms with Gasteiger partial charge in [-0.1, -0.05) is 18.2 Å². The highest BCUT2D eigenvalue weighted by Crippen LogP contribution is 2.28. The van der Waals surface area contributed by atoms with E-state index in [1.165, 1.54) is 11.9 Å². The largest absolute Gasteiger partial charge is 0.497 e. The molecular weight excluding hydrogens is 488 g/mol. The van der Waals surface area contributed by atoms with Gasteiger partial charge in [0.2, 0.25) is 11.8 Å². The zero-order valence-electron chi connectivity index (χ0n) is 23.1.